The van der Waals surface area contributed by atoms with E-state index in [1.807, 2.05) is 13.8 Å². The Balaban J connectivity index is 2.71. The van der Waals surface area contributed by atoms with Crippen LogP contribution in [0.25, 0.3) is 0 Å². The minimum absolute atomic E-state index is 0.177. The van der Waals surface area contributed by atoms with E-state index >= 15 is 0 Å². The van der Waals surface area contributed by atoms with E-state index in [9.17, 15) is 4.79 Å². The molecule has 0 unspecified atom stereocenters. The quantitative estimate of drug-likeness (QED) is 0.655. The normalized spacial score (nSPS) is 24.2. The molecule has 0 aromatic heterocycles. The van der Waals surface area contributed by atoms with E-state index in [1.165, 1.54) is 0 Å². The molecular formula is C10H20N2O. The zero-order valence-corrected chi connectivity index (χ0v) is 9.05. The third kappa shape index (κ3) is 2.44. The first-order valence-corrected chi connectivity index (χ1v) is 4.96. The van der Waals surface area contributed by atoms with Crippen LogP contribution in [0.4, 0.5) is 0 Å². The van der Waals surface area contributed by atoms with Gasteiger partial charge >= 0.3 is 0 Å². The Morgan fingerprint density at radius 3 is 2.62 bits per heavy atom. The van der Waals surface area contributed by atoms with Crippen molar-refractivity contribution in [3.63, 3.8) is 0 Å². The van der Waals surface area contributed by atoms with E-state index in [0.29, 0.717) is 6.04 Å². The number of carbonyl (C=O) groups is 1. The maximum Gasteiger partial charge on any atom is 0.226 e. The Kier molecular flexibility index (Phi) is 2.96. The minimum atomic E-state index is -0.249. The molecule has 0 spiro atoms. The number of hydrogen-bond donors (Lipinski definition) is 1. The number of hydrogen-bond acceptors (Lipinski definition) is 2. The van der Waals surface area contributed by atoms with Crippen LogP contribution in [0.2, 0.25) is 0 Å². The Bertz CT molecular complexity index is 199. The number of carbonyl (C=O) groups excluding carboxylic acids is 1. The molecule has 0 aromatic carbocycles. The van der Waals surface area contributed by atoms with Gasteiger partial charge in [0.1, 0.15) is 0 Å². The molecule has 0 bridgehead atoms. The monoisotopic (exact) mass is 184 g/mol. The maximum absolute atomic E-state index is 11.6. The maximum atomic E-state index is 11.6. The fourth-order valence-electron chi connectivity index (χ4n) is 1.65. The molecule has 0 atom stereocenters. The lowest BCUT2D eigenvalue weighted by Gasteiger charge is -2.30. The summed E-state index contributed by atoms with van der Waals surface area (Å²) in [5, 5.41) is 2.94. The molecule has 0 saturated carbocycles. The van der Waals surface area contributed by atoms with Crippen LogP contribution in [-0.4, -0.2) is 36.5 Å². The molecule has 0 aromatic rings. The molecule has 3 heteroatoms. The van der Waals surface area contributed by atoms with Crippen molar-refractivity contribution in [3.8, 4) is 0 Å². The van der Waals surface area contributed by atoms with Crippen molar-refractivity contribution in [2.75, 3.05) is 19.6 Å². The topological polar surface area (TPSA) is 32.3 Å². The van der Waals surface area contributed by atoms with Crippen molar-refractivity contribution in [2.45, 2.75) is 33.7 Å². The molecule has 1 saturated heterocycles. The molecule has 0 radical (unpaired) electrons. The Morgan fingerprint density at radius 2 is 2.08 bits per heavy atom. The summed E-state index contributed by atoms with van der Waals surface area (Å²) in [6.07, 6.45) is 0. The summed E-state index contributed by atoms with van der Waals surface area (Å²) < 4.78 is 0. The van der Waals surface area contributed by atoms with Gasteiger partial charge in [-0.2, -0.15) is 0 Å². The van der Waals surface area contributed by atoms with E-state index in [4.69, 9.17) is 0 Å². The fraction of sp³-hybridized carbons (Fsp3) is 0.900. The predicted molar refractivity (Wildman–Crippen MR) is 53.5 cm³/mol. The van der Waals surface area contributed by atoms with Crippen LogP contribution in [0.1, 0.15) is 27.7 Å². The fourth-order valence-corrected chi connectivity index (χ4v) is 1.65. The Morgan fingerprint density at radius 1 is 1.46 bits per heavy atom. The van der Waals surface area contributed by atoms with Gasteiger partial charge in [0.05, 0.1) is 5.41 Å². The Hall–Kier alpha value is -0.570. The molecular weight excluding hydrogens is 164 g/mol. The molecule has 76 valence electrons. The summed E-state index contributed by atoms with van der Waals surface area (Å²) in [4.78, 5) is 13.9. The van der Waals surface area contributed by atoms with Gasteiger partial charge in [0.2, 0.25) is 5.91 Å². The summed E-state index contributed by atoms with van der Waals surface area (Å²) in [5.41, 5.74) is -0.249. The lowest BCUT2D eigenvalue weighted by Crippen LogP contribution is -2.41. The van der Waals surface area contributed by atoms with Crippen molar-refractivity contribution < 1.29 is 4.79 Å². The SMILES string of the molecule is CC(C)N1CCNC(=O)C(C)(C)C1. The van der Waals surface area contributed by atoms with Gasteiger partial charge in [0, 0.05) is 25.7 Å². The van der Waals surface area contributed by atoms with Crippen molar-refractivity contribution >= 4 is 5.91 Å². The summed E-state index contributed by atoms with van der Waals surface area (Å²) in [6, 6.07) is 0.520. The van der Waals surface area contributed by atoms with Gasteiger partial charge in [-0.1, -0.05) is 0 Å². The summed E-state index contributed by atoms with van der Waals surface area (Å²) in [7, 11) is 0. The van der Waals surface area contributed by atoms with Gasteiger partial charge in [0.25, 0.3) is 0 Å². The molecule has 1 fully saturated rings. The van der Waals surface area contributed by atoms with Crippen molar-refractivity contribution in [3.05, 3.63) is 0 Å². The predicted octanol–water partition coefficient (Wildman–Crippen LogP) is 0.853. The second-order valence-electron chi connectivity index (χ2n) is 4.70. The van der Waals surface area contributed by atoms with Crippen molar-refractivity contribution in [1.82, 2.24) is 10.2 Å². The average Bonchev–Trinajstić information content (AvgIpc) is 2.12. The number of rotatable bonds is 1. The second kappa shape index (κ2) is 3.66. The largest absolute Gasteiger partial charge is 0.354 e. The highest BCUT2D eigenvalue weighted by molar-refractivity contribution is 5.82. The van der Waals surface area contributed by atoms with Gasteiger partial charge in [-0.15, -0.1) is 0 Å². The summed E-state index contributed by atoms with van der Waals surface area (Å²) in [6.45, 7) is 11.0. The molecule has 1 heterocycles. The van der Waals surface area contributed by atoms with Gasteiger partial charge in [-0.3, -0.25) is 9.69 Å². The molecule has 1 amide bonds. The lowest BCUT2D eigenvalue weighted by atomic mass is 9.92. The van der Waals surface area contributed by atoms with Crippen LogP contribution >= 0.6 is 0 Å². The molecule has 1 rings (SSSR count). The number of nitrogens with one attached hydrogen (secondary N) is 1. The van der Waals surface area contributed by atoms with Gasteiger partial charge in [0.15, 0.2) is 0 Å². The van der Waals surface area contributed by atoms with Crippen LogP contribution in [-0.2, 0) is 4.79 Å². The highest BCUT2D eigenvalue weighted by atomic mass is 16.2. The molecule has 0 aliphatic carbocycles. The first-order valence-electron chi connectivity index (χ1n) is 4.96. The van der Waals surface area contributed by atoms with Crippen molar-refractivity contribution in [2.24, 2.45) is 5.41 Å². The van der Waals surface area contributed by atoms with E-state index in [0.717, 1.165) is 19.6 Å². The van der Waals surface area contributed by atoms with E-state index in [2.05, 4.69) is 24.1 Å². The van der Waals surface area contributed by atoms with Crippen molar-refractivity contribution in [1.29, 1.82) is 0 Å². The van der Waals surface area contributed by atoms with Gasteiger partial charge in [-0.25, -0.2) is 0 Å². The zero-order valence-electron chi connectivity index (χ0n) is 9.05. The van der Waals surface area contributed by atoms with E-state index in [-0.39, 0.29) is 11.3 Å². The lowest BCUT2D eigenvalue weighted by molar-refractivity contribution is -0.129. The van der Waals surface area contributed by atoms with E-state index < -0.39 is 0 Å². The third-order valence-electron chi connectivity index (χ3n) is 2.63. The third-order valence-corrected chi connectivity index (χ3v) is 2.63. The summed E-state index contributed by atoms with van der Waals surface area (Å²) >= 11 is 0. The standard InChI is InChI=1S/C10H20N2O/c1-8(2)12-6-5-11-9(13)10(3,4)7-12/h8H,5-7H2,1-4H3,(H,11,13). The van der Waals surface area contributed by atoms with Crippen LogP contribution in [0, 0.1) is 5.41 Å². The zero-order chi connectivity index (χ0) is 10.1. The van der Waals surface area contributed by atoms with Crippen LogP contribution in [0.5, 0.6) is 0 Å². The average molecular weight is 184 g/mol. The van der Waals surface area contributed by atoms with Gasteiger partial charge in [-0.05, 0) is 27.7 Å². The highest BCUT2D eigenvalue weighted by Crippen LogP contribution is 2.20. The van der Waals surface area contributed by atoms with E-state index in [1.54, 1.807) is 0 Å². The van der Waals surface area contributed by atoms with Gasteiger partial charge < -0.3 is 5.32 Å². The summed E-state index contributed by atoms with van der Waals surface area (Å²) in [5.74, 6) is 0.177. The first-order chi connectivity index (χ1) is 5.93. The molecule has 1 aliphatic rings. The van der Waals surface area contributed by atoms with Crippen LogP contribution < -0.4 is 5.32 Å². The minimum Gasteiger partial charge on any atom is -0.354 e. The van der Waals surface area contributed by atoms with Crippen LogP contribution in [0.15, 0.2) is 0 Å². The second-order valence-corrected chi connectivity index (χ2v) is 4.70. The Labute approximate surface area is 80.5 Å². The molecule has 13 heavy (non-hydrogen) atoms. The smallest absolute Gasteiger partial charge is 0.226 e. The molecule has 3 nitrogen and oxygen atoms in total. The first kappa shape index (κ1) is 10.5. The molecule has 1 N–H and O–H groups in total. The number of amides is 1. The number of nitrogens with zero attached hydrogens (tertiary/aromatic N) is 1. The highest BCUT2D eigenvalue weighted by Gasteiger charge is 2.32. The molecule has 1 aliphatic heterocycles. The van der Waals surface area contributed by atoms with Crippen LogP contribution in [0.3, 0.4) is 0 Å².